The molecule has 0 bridgehead atoms. The Kier molecular flexibility index (Phi) is 5.49. The number of hydrogen-bond acceptors (Lipinski definition) is 2. The molecule has 2 nitrogen and oxygen atoms in total. The molecule has 0 aromatic heterocycles. The van der Waals surface area contributed by atoms with Crippen molar-refractivity contribution in [3.8, 4) is 0 Å². The molecule has 1 unspecified atom stereocenters. The highest BCUT2D eigenvalue weighted by atomic mass is 127. The summed E-state index contributed by atoms with van der Waals surface area (Å²) in [4.78, 5) is 0. The summed E-state index contributed by atoms with van der Waals surface area (Å²) >= 11 is 1.95. The Morgan fingerprint density at radius 1 is 1.35 bits per heavy atom. The van der Waals surface area contributed by atoms with E-state index in [1.165, 1.54) is 6.07 Å². The largest absolute Gasteiger partial charge is 0.397 e. The molecule has 1 rings (SSSR count). The summed E-state index contributed by atoms with van der Waals surface area (Å²) in [6.45, 7) is 6.46. The fourth-order valence-corrected chi connectivity index (χ4v) is 2.54. The summed E-state index contributed by atoms with van der Waals surface area (Å²) in [6, 6.07) is 3.44. The van der Waals surface area contributed by atoms with E-state index in [2.05, 4.69) is 26.1 Å². The minimum Gasteiger partial charge on any atom is -0.397 e. The molecule has 0 saturated heterocycles. The zero-order chi connectivity index (χ0) is 13.0. The minimum atomic E-state index is -0.223. The van der Waals surface area contributed by atoms with Crippen LogP contribution in [0.3, 0.4) is 0 Å². The van der Waals surface area contributed by atoms with Crippen molar-refractivity contribution >= 4 is 34.0 Å². The highest BCUT2D eigenvalue weighted by Gasteiger charge is 2.15. The maximum Gasteiger partial charge on any atom is 0.138 e. The van der Waals surface area contributed by atoms with E-state index in [-0.39, 0.29) is 5.82 Å². The Morgan fingerprint density at radius 3 is 2.47 bits per heavy atom. The van der Waals surface area contributed by atoms with Crippen molar-refractivity contribution in [3.63, 3.8) is 0 Å². The van der Waals surface area contributed by atoms with Crippen LogP contribution in [0.4, 0.5) is 15.8 Å². The zero-order valence-electron chi connectivity index (χ0n) is 10.6. The first-order chi connectivity index (χ1) is 7.99. The van der Waals surface area contributed by atoms with E-state index in [1.54, 1.807) is 6.07 Å². The predicted octanol–water partition coefficient (Wildman–Crippen LogP) is 4.25. The molecule has 0 aliphatic carbocycles. The van der Waals surface area contributed by atoms with Gasteiger partial charge in [-0.2, -0.15) is 0 Å². The second kappa shape index (κ2) is 6.42. The number of nitrogens with two attached hydrogens (primary N) is 1. The summed E-state index contributed by atoms with van der Waals surface area (Å²) in [5.74, 6) is 0.357. The maximum atomic E-state index is 13.5. The van der Waals surface area contributed by atoms with Gasteiger partial charge >= 0.3 is 0 Å². The first kappa shape index (κ1) is 14.5. The molecule has 0 amide bonds. The van der Waals surface area contributed by atoms with E-state index < -0.39 is 0 Å². The van der Waals surface area contributed by atoms with E-state index in [4.69, 9.17) is 5.73 Å². The Balaban J connectivity index is 2.84. The quantitative estimate of drug-likeness (QED) is 0.616. The topological polar surface area (TPSA) is 38.0 Å². The SMILES string of the molecule is CCC(CC)C(C)Nc1cc(F)c(I)cc1N. The Morgan fingerprint density at radius 2 is 1.94 bits per heavy atom. The number of nitrogens with one attached hydrogen (secondary N) is 1. The molecule has 1 aromatic carbocycles. The van der Waals surface area contributed by atoms with Crippen molar-refractivity contribution in [1.82, 2.24) is 0 Å². The molecular weight excluding hydrogens is 330 g/mol. The van der Waals surface area contributed by atoms with Crippen LogP contribution in [0.1, 0.15) is 33.6 Å². The van der Waals surface area contributed by atoms with Crippen LogP contribution in [0.5, 0.6) is 0 Å². The number of halogens is 2. The fourth-order valence-electron chi connectivity index (χ4n) is 2.05. The van der Waals surface area contributed by atoms with E-state index in [0.717, 1.165) is 12.8 Å². The maximum absolute atomic E-state index is 13.5. The number of hydrogen-bond donors (Lipinski definition) is 2. The van der Waals surface area contributed by atoms with Crippen molar-refractivity contribution in [1.29, 1.82) is 0 Å². The van der Waals surface area contributed by atoms with Gasteiger partial charge in [-0.05, 0) is 41.5 Å². The molecule has 0 fully saturated rings. The highest BCUT2D eigenvalue weighted by Crippen LogP contribution is 2.26. The summed E-state index contributed by atoms with van der Waals surface area (Å²) in [5.41, 5.74) is 7.19. The van der Waals surface area contributed by atoms with E-state index in [1.807, 2.05) is 22.6 Å². The molecule has 0 heterocycles. The highest BCUT2D eigenvalue weighted by molar-refractivity contribution is 14.1. The van der Waals surface area contributed by atoms with Crippen LogP contribution in [-0.2, 0) is 0 Å². The molecule has 4 heteroatoms. The minimum absolute atomic E-state index is 0.223. The Labute approximate surface area is 116 Å². The summed E-state index contributed by atoms with van der Waals surface area (Å²) in [7, 11) is 0. The average Bonchev–Trinajstić information content (AvgIpc) is 2.27. The average molecular weight is 350 g/mol. The molecule has 0 aliphatic rings. The lowest BCUT2D eigenvalue weighted by molar-refractivity contribution is 0.438. The van der Waals surface area contributed by atoms with Crippen LogP contribution in [0.2, 0.25) is 0 Å². The molecule has 1 atom stereocenters. The third-order valence-electron chi connectivity index (χ3n) is 3.23. The van der Waals surface area contributed by atoms with Gasteiger partial charge in [0.05, 0.1) is 14.9 Å². The third kappa shape index (κ3) is 3.72. The van der Waals surface area contributed by atoms with Crippen molar-refractivity contribution < 1.29 is 4.39 Å². The molecule has 0 aliphatic heterocycles. The van der Waals surface area contributed by atoms with Crippen molar-refractivity contribution in [2.45, 2.75) is 39.7 Å². The molecule has 1 aromatic rings. The van der Waals surface area contributed by atoms with E-state index >= 15 is 0 Å². The normalized spacial score (nSPS) is 12.8. The van der Waals surface area contributed by atoms with Gasteiger partial charge in [-0.15, -0.1) is 0 Å². The second-order valence-electron chi connectivity index (χ2n) is 4.36. The Hall–Kier alpha value is -0.520. The van der Waals surface area contributed by atoms with Crippen LogP contribution >= 0.6 is 22.6 Å². The van der Waals surface area contributed by atoms with Crippen molar-refractivity contribution in [3.05, 3.63) is 21.5 Å². The first-order valence-corrected chi connectivity index (χ1v) is 7.08. The van der Waals surface area contributed by atoms with Crippen molar-refractivity contribution in [2.75, 3.05) is 11.1 Å². The van der Waals surface area contributed by atoms with Crippen molar-refractivity contribution in [2.24, 2.45) is 5.92 Å². The molecule has 3 N–H and O–H groups in total. The van der Waals surface area contributed by atoms with E-state index in [0.29, 0.717) is 26.9 Å². The van der Waals surface area contributed by atoms with Gasteiger partial charge in [0.1, 0.15) is 5.82 Å². The standard InChI is InChI=1S/C13H20FIN2/c1-4-9(5-2)8(3)17-13-6-10(14)11(15)7-12(13)16/h6-9,17H,4-5,16H2,1-3H3. The predicted molar refractivity (Wildman–Crippen MR) is 80.7 cm³/mol. The van der Waals surface area contributed by atoms with Crippen LogP contribution in [0.15, 0.2) is 12.1 Å². The third-order valence-corrected chi connectivity index (χ3v) is 4.06. The molecule has 0 radical (unpaired) electrons. The van der Waals surface area contributed by atoms with Crippen LogP contribution in [-0.4, -0.2) is 6.04 Å². The molecule has 96 valence electrons. The van der Waals surface area contributed by atoms with Crippen LogP contribution in [0, 0.1) is 15.3 Å². The summed E-state index contributed by atoms with van der Waals surface area (Å²) < 4.78 is 14.0. The number of benzene rings is 1. The molecule has 0 saturated carbocycles. The fraction of sp³-hybridized carbons (Fsp3) is 0.538. The smallest absolute Gasteiger partial charge is 0.138 e. The zero-order valence-corrected chi connectivity index (χ0v) is 12.7. The van der Waals surface area contributed by atoms with Gasteiger partial charge in [0, 0.05) is 12.1 Å². The van der Waals surface area contributed by atoms with Gasteiger partial charge in [0.25, 0.3) is 0 Å². The Bertz CT molecular complexity index is 378. The van der Waals surface area contributed by atoms with E-state index in [9.17, 15) is 4.39 Å². The van der Waals surface area contributed by atoms with Crippen LogP contribution in [0.25, 0.3) is 0 Å². The van der Waals surface area contributed by atoms with Gasteiger partial charge in [0.2, 0.25) is 0 Å². The molecule has 0 spiro atoms. The number of rotatable bonds is 5. The molecular formula is C13H20FIN2. The van der Waals surface area contributed by atoms with Gasteiger partial charge in [-0.25, -0.2) is 4.39 Å². The van der Waals surface area contributed by atoms with Gasteiger partial charge in [-0.3, -0.25) is 0 Å². The lowest BCUT2D eigenvalue weighted by Gasteiger charge is -2.24. The first-order valence-electron chi connectivity index (χ1n) is 6.00. The lowest BCUT2D eigenvalue weighted by atomic mass is 9.95. The van der Waals surface area contributed by atoms with Gasteiger partial charge < -0.3 is 11.1 Å². The van der Waals surface area contributed by atoms with Crippen LogP contribution < -0.4 is 11.1 Å². The monoisotopic (exact) mass is 350 g/mol. The van der Waals surface area contributed by atoms with Gasteiger partial charge in [0.15, 0.2) is 0 Å². The van der Waals surface area contributed by atoms with Gasteiger partial charge in [-0.1, -0.05) is 26.7 Å². The summed E-state index contributed by atoms with van der Waals surface area (Å²) in [6.07, 6.45) is 2.22. The molecule has 17 heavy (non-hydrogen) atoms. The second-order valence-corrected chi connectivity index (χ2v) is 5.53. The number of nitrogen functional groups attached to an aromatic ring is 1. The lowest BCUT2D eigenvalue weighted by Crippen LogP contribution is -2.25. The summed E-state index contributed by atoms with van der Waals surface area (Å²) in [5, 5.41) is 3.31. The number of anilines is 2.